The molecule has 1 aliphatic rings. The zero-order chi connectivity index (χ0) is 12.6. The van der Waals surface area contributed by atoms with Crippen molar-refractivity contribution in [2.75, 3.05) is 18.0 Å². The lowest BCUT2D eigenvalue weighted by molar-refractivity contribution is -0.122. The van der Waals surface area contributed by atoms with Crippen LogP contribution in [0.2, 0.25) is 5.15 Å². The quantitative estimate of drug-likeness (QED) is 0.815. The van der Waals surface area contributed by atoms with Crippen LogP contribution in [-0.4, -0.2) is 35.0 Å². The number of halogens is 1. The molecule has 1 atom stereocenters. The molecule has 5 nitrogen and oxygen atoms in total. The van der Waals surface area contributed by atoms with E-state index in [0.29, 0.717) is 24.1 Å². The summed E-state index contributed by atoms with van der Waals surface area (Å²) in [5.74, 6) is 0.587. The number of nitrogens with one attached hydrogen (secondary N) is 1. The third-order valence-corrected chi connectivity index (χ3v) is 3.27. The van der Waals surface area contributed by atoms with Crippen molar-refractivity contribution in [3.63, 3.8) is 0 Å². The van der Waals surface area contributed by atoms with Gasteiger partial charge in [0.2, 0.25) is 5.91 Å². The largest absolute Gasteiger partial charge is 0.353 e. The fraction of sp³-hybridized carbons (Fsp3) is 0.545. The third kappa shape index (κ3) is 2.20. The number of aryl methyl sites for hydroxylation is 2. The molecule has 0 saturated carbocycles. The molecule has 1 saturated heterocycles. The van der Waals surface area contributed by atoms with Gasteiger partial charge in [0.15, 0.2) is 11.0 Å². The second-order valence-corrected chi connectivity index (χ2v) is 4.53. The van der Waals surface area contributed by atoms with Crippen molar-refractivity contribution >= 4 is 23.3 Å². The molecule has 92 valence electrons. The number of carbonyl (C=O) groups is 1. The topological polar surface area (TPSA) is 58.1 Å². The number of hydrogen-bond donors (Lipinski definition) is 1. The highest BCUT2D eigenvalue weighted by Gasteiger charge is 2.28. The van der Waals surface area contributed by atoms with Gasteiger partial charge in [0.1, 0.15) is 6.04 Å². The van der Waals surface area contributed by atoms with E-state index in [1.165, 1.54) is 0 Å². The van der Waals surface area contributed by atoms with Crippen LogP contribution >= 0.6 is 11.6 Å². The molecule has 2 rings (SSSR count). The minimum atomic E-state index is -0.266. The van der Waals surface area contributed by atoms with Crippen molar-refractivity contribution in [1.29, 1.82) is 0 Å². The molecule has 1 aliphatic heterocycles. The maximum absolute atomic E-state index is 11.6. The van der Waals surface area contributed by atoms with Gasteiger partial charge in [0, 0.05) is 13.1 Å². The summed E-state index contributed by atoms with van der Waals surface area (Å²) in [5, 5.41) is 3.16. The van der Waals surface area contributed by atoms with Crippen molar-refractivity contribution < 1.29 is 4.79 Å². The maximum Gasteiger partial charge on any atom is 0.242 e. The molecule has 6 heteroatoms. The number of hydrogen-bond acceptors (Lipinski definition) is 4. The summed E-state index contributed by atoms with van der Waals surface area (Å²) in [5.41, 5.74) is 1.65. The van der Waals surface area contributed by atoms with Gasteiger partial charge in [0.05, 0.1) is 11.4 Å². The predicted molar refractivity (Wildman–Crippen MR) is 66.3 cm³/mol. The van der Waals surface area contributed by atoms with E-state index in [-0.39, 0.29) is 11.9 Å². The SMILES string of the molecule is Cc1nc(Cl)c(N2CCNC(=O)C2C)nc1C. The zero-order valence-electron chi connectivity index (χ0n) is 10.1. The Morgan fingerprint density at radius 3 is 2.71 bits per heavy atom. The van der Waals surface area contributed by atoms with Crippen LogP contribution in [0, 0.1) is 13.8 Å². The van der Waals surface area contributed by atoms with E-state index in [4.69, 9.17) is 11.6 Å². The fourth-order valence-corrected chi connectivity index (χ4v) is 2.10. The van der Waals surface area contributed by atoms with Crippen molar-refractivity contribution in [3.8, 4) is 0 Å². The molecule has 0 aliphatic carbocycles. The second-order valence-electron chi connectivity index (χ2n) is 4.17. The predicted octanol–water partition coefficient (Wildman–Crippen LogP) is 1.07. The number of carbonyl (C=O) groups excluding carboxylic acids is 1. The number of nitrogens with zero attached hydrogens (tertiary/aromatic N) is 3. The van der Waals surface area contributed by atoms with Crippen molar-refractivity contribution in [2.45, 2.75) is 26.8 Å². The van der Waals surface area contributed by atoms with Gasteiger partial charge < -0.3 is 10.2 Å². The highest BCUT2D eigenvalue weighted by molar-refractivity contribution is 6.31. The summed E-state index contributed by atoms with van der Waals surface area (Å²) in [6, 6.07) is -0.266. The van der Waals surface area contributed by atoms with E-state index in [0.717, 1.165) is 11.4 Å². The molecule has 1 N–H and O–H groups in total. The lowest BCUT2D eigenvalue weighted by Crippen LogP contribution is -2.54. The average Bonchev–Trinajstić information content (AvgIpc) is 2.28. The van der Waals surface area contributed by atoms with Crippen LogP contribution in [0.3, 0.4) is 0 Å². The molecule has 1 aromatic rings. The Morgan fingerprint density at radius 2 is 2.00 bits per heavy atom. The Balaban J connectivity index is 2.39. The van der Waals surface area contributed by atoms with Gasteiger partial charge in [-0.25, -0.2) is 9.97 Å². The van der Waals surface area contributed by atoms with Crippen LogP contribution in [0.1, 0.15) is 18.3 Å². The second kappa shape index (κ2) is 4.49. The van der Waals surface area contributed by atoms with Crippen molar-refractivity contribution in [1.82, 2.24) is 15.3 Å². The molecular formula is C11H15ClN4O. The first-order chi connectivity index (χ1) is 8.00. The molecule has 0 aromatic carbocycles. The van der Waals surface area contributed by atoms with E-state index in [2.05, 4.69) is 15.3 Å². The zero-order valence-corrected chi connectivity index (χ0v) is 10.9. The normalized spacial score (nSPS) is 20.4. The molecule has 0 bridgehead atoms. The van der Waals surface area contributed by atoms with E-state index < -0.39 is 0 Å². The van der Waals surface area contributed by atoms with Crippen LogP contribution in [0.25, 0.3) is 0 Å². The molecule has 17 heavy (non-hydrogen) atoms. The first-order valence-corrected chi connectivity index (χ1v) is 5.93. The van der Waals surface area contributed by atoms with Crippen molar-refractivity contribution in [3.05, 3.63) is 16.5 Å². The minimum absolute atomic E-state index is 0.00709. The van der Waals surface area contributed by atoms with Gasteiger partial charge >= 0.3 is 0 Å². The number of rotatable bonds is 1. The number of amides is 1. The monoisotopic (exact) mass is 254 g/mol. The highest BCUT2D eigenvalue weighted by Crippen LogP contribution is 2.25. The van der Waals surface area contributed by atoms with Gasteiger partial charge in [-0.2, -0.15) is 0 Å². The van der Waals surface area contributed by atoms with Gasteiger partial charge in [0.25, 0.3) is 0 Å². The summed E-state index contributed by atoms with van der Waals surface area (Å²) in [6.07, 6.45) is 0. The molecular weight excluding hydrogens is 240 g/mol. The maximum atomic E-state index is 11.6. The Morgan fingerprint density at radius 1 is 1.35 bits per heavy atom. The average molecular weight is 255 g/mol. The summed E-state index contributed by atoms with van der Waals surface area (Å²) in [4.78, 5) is 22.2. The smallest absolute Gasteiger partial charge is 0.242 e. The Labute approximate surface area is 105 Å². The van der Waals surface area contributed by atoms with E-state index in [1.54, 1.807) is 0 Å². The third-order valence-electron chi connectivity index (χ3n) is 3.02. The Kier molecular flexibility index (Phi) is 3.19. The summed E-state index contributed by atoms with van der Waals surface area (Å²) < 4.78 is 0. The molecule has 1 aromatic heterocycles. The van der Waals surface area contributed by atoms with Gasteiger partial charge in [-0.15, -0.1) is 0 Å². The van der Waals surface area contributed by atoms with Crippen LogP contribution in [0.5, 0.6) is 0 Å². The molecule has 2 heterocycles. The van der Waals surface area contributed by atoms with Crippen LogP contribution in [-0.2, 0) is 4.79 Å². The van der Waals surface area contributed by atoms with Crippen LogP contribution in [0.4, 0.5) is 5.82 Å². The number of aromatic nitrogens is 2. The first-order valence-electron chi connectivity index (χ1n) is 5.56. The molecule has 0 spiro atoms. The van der Waals surface area contributed by atoms with E-state index in [9.17, 15) is 4.79 Å². The van der Waals surface area contributed by atoms with Crippen LogP contribution in [0.15, 0.2) is 0 Å². The molecule has 0 radical (unpaired) electrons. The molecule has 1 unspecified atom stereocenters. The summed E-state index contributed by atoms with van der Waals surface area (Å²) >= 11 is 6.10. The fourth-order valence-electron chi connectivity index (χ4n) is 1.82. The van der Waals surface area contributed by atoms with E-state index in [1.807, 2.05) is 25.7 Å². The lowest BCUT2D eigenvalue weighted by Gasteiger charge is -2.34. The summed E-state index contributed by atoms with van der Waals surface area (Å²) in [7, 11) is 0. The lowest BCUT2D eigenvalue weighted by atomic mass is 10.2. The standard InChI is InChI=1S/C11H15ClN4O/c1-6-7(2)15-10(9(12)14-6)16-5-4-13-11(17)8(16)3/h8H,4-5H2,1-3H3,(H,13,17). The summed E-state index contributed by atoms with van der Waals surface area (Å²) in [6.45, 7) is 6.89. The van der Waals surface area contributed by atoms with Crippen molar-refractivity contribution in [2.24, 2.45) is 0 Å². The Bertz CT molecular complexity index is 463. The highest BCUT2D eigenvalue weighted by atomic mass is 35.5. The van der Waals surface area contributed by atoms with E-state index >= 15 is 0 Å². The molecule has 1 amide bonds. The Hall–Kier alpha value is -1.36. The van der Waals surface area contributed by atoms with Crippen LogP contribution < -0.4 is 10.2 Å². The minimum Gasteiger partial charge on any atom is -0.353 e. The first kappa shape index (κ1) is 12.1. The van der Waals surface area contributed by atoms with Gasteiger partial charge in [-0.05, 0) is 20.8 Å². The van der Waals surface area contributed by atoms with Gasteiger partial charge in [-0.3, -0.25) is 4.79 Å². The number of piperazine rings is 1. The van der Waals surface area contributed by atoms with Gasteiger partial charge in [-0.1, -0.05) is 11.6 Å². The molecule has 1 fully saturated rings. The number of anilines is 1.